The molecule has 0 spiro atoms. The van der Waals surface area contributed by atoms with E-state index in [-0.39, 0.29) is 10.2 Å². The fraction of sp³-hybridized carbons (Fsp3) is 0.333. The van der Waals surface area contributed by atoms with Gasteiger partial charge in [0.25, 0.3) is 0 Å². The van der Waals surface area contributed by atoms with Gasteiger partial charge in [-0.3, -0.25) is 0 Å². The van der Waals surface area contributed by atoms with E-state index in [4.69, 9.17) is 4.74 Å². The van der Waals surface area contributed by atoms with Crippen molar-refractivity contribution in [2.75, 3.05) is 6.61 Å². The summed E-state index contributed by atoms with van der Waals surface area (Å²) in [6, 6.07) is 2.82. The fourth-order valence-electron chi connectivity index (χ4n) is 0.832. The summed E-state index contributed by atoms with van der Waals surface area (Å²) >= 11 is 2.88. The minimum absolute atomic E-state index is 0.0393. The summed E-state index contributed by atoms with van der Waals surface area (Å²) in [5.41, 5.74) is 0. The Morgan fingerprint density at radius 2 is 2.00 bits per heavy atom. The highest BCUT2D eigenvalue weighted by Crippen LogP contribution is 2.25. The fourth-order valence-corrected chi connectivity index (χ4v) is 1.14. The lowest BCUT2D eigenvalue weighted by Gasteiger charge is -2.06. The zero-order valence-electron chi connectivity index (χ0n) is 7.11. The minimum atomic E-state index is -0.942. The monoisotopic (exact) mass is 250 g/mol. The molecule has 0 saturated carbocycles. The van der Waals surface area contributed by atoms with Crippen molar-refractivity contribution in [3.05, 3.63) is 28.2 Å². The summed E-state index contributed by atoms with van der Waals surface area (Å²) in [5.74, 6) is -1.89. The highest BCUT2D eigenvalue weighted by atomic mass is 79.9. The lowest BCUT2D eigenvalue weighted by molar-refractivity contribution is 0.295. The third-order valence-corrected chi connectivity index (χ3v) is 2.07. The Hall–Kier alpha value is -0.640. The maximum Gasteiger partial charge on any atom is 0.201 e. The van der Waals surface area contributed by atoms with E-state index < -0.39 is 11.6 Å². The lowest BCUT2D eigenvalue weighted by atomic mass is 10.3. The Balaban J connectivity index is 2.90. The second-order valence-electron chi connectivity index (χ2n) is 2.52. The Morgan fingerprint density at radius 3 is 2.62 bits per heavy atom. The van der Waals surface area contributed by atoms with Crippen LogP contribution >= 0.6 is 15.9 Å². The van der Waals surface area contributed by atoms with Crippen molar-refractivity contribution in [2.24, 2.45) is 0 Å². The van der Waals surface area contributed by atoms with Gasteiger partial charge in [-0.25, -0.2) is 4.39 Å². The van der Waals surface area contributed by atoms with E-state index in [1.54, 1.807) is 0 Å². The average Bonchev–Trinajstić information content (AvgIpc) is 2.13. The van der Waals surface area contributed by atoms with Gasteiger partial charge in [-0.05, 0) is 34.5 Å². The Bertz CT molecular complexity index is 302. The Kier molecular flexibility index (Phi) is 3.66. The highest BCUT2D eigenvalue weighted by Gasteiger charge is 2.12. The maximum atomic E-state index is 13.1. The maximum absolute atomic E-state index is 13.1. The van der Waals surface area contributed by atoms with Crippen LogP contribution in [0.15, 0.2) is 16.6 Å². The zero-order valence-corrected chi connectivity index (χ0v) is 8.70. The van der Waals surface area contributed by atoms with Gasteiger partial charge in [0.15, 0.2) is 11.6 Å². The molecule has 0 aromatic heterocycles. The van der Waals surface area contributed by atoms with Gasteiger partial charge in [-0.2, -0.15) is 4.39 Å². The van der Waals surface area contributed by atoms with Crippen molar-refractivity contribution in [3.8, 4) is 5.75 Å². The van der Waals surface area contributed by atoms with Crippen LogP contribution in [0.5, 0.6) is 5.75 Å². The molecule has 0 saturated heterocycles. The lowest BCUT2D eigenvalue weighted by Crippen LogP contribution is -1.99. The molecule has 1 aromatic carbocycles. The van der Waals surface area contributed by atoms with Gasteiger partial charge >= 0.3 is 0 Å². The number of hydrogen-bond donors (Lipinski definition) is 0. The van der Waals surface area contributed by atoms with Gasteiger partial charge in [-0.1, -0.05) is 6.92 Å². The second kappa shape index (κ2) is 4.56. The highest BCUT2D eigenvalue weighted by molar-refractivity contribution is 9.10. The van der Waals surface area contributed by atoms with E-state index >= 15 is 0 Å². The van der Waals surface area contributed by atoms with E-state index in [0.29, 0.717) is 6.61 Å². The van der Waals surface area contributed by atoms with Crippen LogP contribution < -0.4 is 4.74 Å². The van der Waals surface area contributed by atoms with Gasteiger partial charge in [0.05, 0.1) is 11.1 Å². The van der Waals surface area contributed by atoms with E-state index in [1.165, 1.54) is 12.1 Å². The molecule has 0 bridgehead atoms. The van der Waals surface area contributed by atoms with Crippen molar-refractivity contribution in [3.63, 3.8) is 0 Å². The second-order valence-corrected chi connectivity index (χ2v) is 3.38. The molecule has 1 rings (SSSR count). The van der Waals surface area contributed by atoms with Crippen LogP contribution in [0.25, 0.3) is 0 Å². The first-order valence-corrected chi connectivity index (χ1v) is 4.72. The molecule has 0 amide bonds. The molecule has 0 aliphatic rings. The molecule has 0 fully saturated rings. The van der Waals surface area contributed by atoms with E-state index in [9.17, 15) is 8.78 Å². The standard InChI is InChI=1S/C9H9BrF2O/c1-2-5-13-7-4-3-6(10)8(11)9(7)12/h3-4H,2,5H2,1H3. The third kappa shape index (κ3) is 2.40. The molecule has 0 radical (unpaired) electrons. The van der Waals surface area contributed by atoms with Crippen molar-refractivity contribution in [2.45, 2.75) is 13.3 Å². The summed E-state index contributed by atoms with van der Waals surface area (Å²) in [6.07, 6.45) is 0.761. The molecule has 4 heteroatoms. The van der Waals surface area contributed by atoms with Crippen LogP contribution in [-0.2, 0) is 0 Å². The van der Waals surface area contributed by atoms with Crippen molar-refractivity contribution in [1.82, 2.24) is 0 Å². The molecular weight excluding hydrogens is 242 g/mol. The van der Waals surface area contributed by atoms with E-state index in [1.807, 2.05) is 6.92 Å². The Labute approximate surface area is 83.8 Å². The van der Waals surface area contributed by atoms with Gasteiger partial charge in [0.1, 0.15) is 0 Å². The van der Waals surface area contributed by atoms with E-state index in [2.05, 4.69) is 15.9 Å². The van der Waals surface area contributed by atoms with E-state index in [0.717, 1.165) is 6.42 Å². The minimum Gasteiger partial charge on any atom is -0.490 e. The van der Waals surface area contributed by atoms with Crippen LogP contribution in [-0.4, -0.2) is 6.61 Å². The number of benzene rings is 1. The predicted molar refractivity (Wildman–Crippen MR) is 49.8 cm³/mol. The molecule has 0 N–H and O–H groups in total. The van der Waals surface area contributed by atoms with Crippen LogP contribution in [0, 0.1) is 11.6 Å². The molecule has 0 aliphatic carbocycles. The molecule has 0 aliphatic heterocycles. The van der Waals surface area contributed by atoms with Gasteiger partial charge < -0.3 is 4.74 Å². The predicted octanol–water partition coefficient (Wildman–Crippen LogP) is 3.52. The number of halogens is 3. The molecule has 1 nitrogen and oxygen atoms in total. The summed E-state index contributed by atoms with van der Waals surface area (Å²) in [6.45, 7) is 2.28. The first kappa shape index (κ1) is 10.4. The van der Waals surface area contributed by atoms with Crippen molar-refractivity contribution < 1.29 is 13.5 Å². The average molecular weight is 251 g/mol. The number of hydrogen-bond acceptors (Lipinski definition) is 1. The van der Waals surface area contributed by atoms with Gasteiger partial charge in [-0.15, -0.1) is 0 Å². The van der Waals surface area contributed by atoms with Gasteiger partial charge in [0, 0.05) is 0 Å². The van der Waals surface area contributed by atoms with Gasteiger partial charge in [0.2, 0.25) is 5.82 Å². The zero-order chi connectivity index (χ0) is 9.84. The number of rotatable bonds is 3. The first-order valence-electron chi connectivity index (χ1n) is 3.93. The molecule has 0 unspecified atom stereocenters. The third-order valence-electron chi connectivity index (χ3n) is 1.46. The topological polar surface area (TPSA) is 9.23 Å². The summed E-state index contributed by atoms with van der Waals surface area (Å²) in [5, 5.41) is 0. The Morgan fingerprint density at radius 1 is 1.31 bits per heavy atom. The molecule has 0 heterocycles. The normalized spacial score (nSPS) is 10.2. The van der Waals surface area contributed by atoms with Crippen LogP contribution in [0.3, 0.4) is 0 Å². The molecule has 0 atom stereocenters. The summed E-state index contributed by atoms with van der Waals surface area (Å²) in [7, 11) is 0. The first-order chi connectivity index (χ1) is 6.16. The number of ether oxygens (including phenoxy) is 1. The SMILES string of the molecule is CCCOc1ccc(Br)c(F)c1F. The van der Waals surface area contributed by atoms with Crippen LogP contribution in [0.1, 0.15) is 13.3 Å². The summed E-state index contributed by atoms with van der Waals surface area (Å²) < 4.78 is 31.1. The smallest absolute Gasteiger partial charge is 0.201 e. The van der Waals surface area contributed by atoms with Crippen molar-refractivity contribution >= 4 is 15.9 Å². The quantitative estimate of drug-likeness (QED) is 0.747. The largest absolute Gasteiger partial charge is 0.490 e. The van der Waals surface area contributed by atoms with Crippen LogP contribution in [0.2, 0.25) is 0 Å². The summed E-state index contributed by atoms with van der Waals surface area (Å²) in [4.78, 5) is 0. The molecular formula is C9H9BrF2O. The van der Waals surface area contributed by atoms with Crippen molar-refractivity contribution in [1.29, 1.82) is 0 Å². The molecule has 72 valence electrons. The van der Waals surface area contributed by atoms with Crippen LogP contribution in [0.4, 0.5) is 8.78 Å². The molecule has 13 heavy (non-hydrogen) atoms. The molecule has 1 aromatic rings.